The molecule has 0 aromatic heterocycles. The highest BCUT2D eigenvalue weighted by Gasteiger charge is 2.36. The molecule has 0 spiro atoms. The van der Waals surface area contributed by atoms with Gasteiger partial charge in [0.15, 0.2) is 0 Å². The van der Waals surface area contributed by atoms with Gasteiger partial charge in [-0.15, -0.1) is 0 Å². The van der Waals surface area contributed by atoms with E-state index in [0.29, 0.717) is 0 Å². The molecule has 0 saturated heterocycles. The molecular formula is C15H11NS. The molecule has 0 N–H and O–H groups in total. The van der Waals surface area contributed by atoms with Crippen LogP contribution in [0.3, 0.4) is 0 Å². The molecule has 17 heavy (non-hydrogen) atoms. The SMILES string of the molecule is CC1(C#N)c2ccccc2Sc2ccccc21. The molecule has 0 atom stereocenters. The Morgan fingerprint density at radius 2 is 1.41 bits per heavy atom. The van der Waals surface area contributed by atoms with Crippen molar-refractivity contribution in [1.82, 2.24) is 0 Å². The van der Waals surface area contributed by atoms with Crippen LogP contribution in [0.1, 0.15) is 18.1 Å². The lowest BCUT2D eigenvalue weighted by Crippen LogP contribution is -2.25. The molecule has 3 rings (SSSR count). The van der Waals surface area contributed by atoms with Crippen LogP contribution in [0.15, 0.2) is 58.3 Å². The average Bonchev–Trinajstić information content (AvgIpc) is 2.39. The minimum Gasteiger partial charge on any atom is -0.197 e. The molecule has 0 fully saturated rings. The number of hydrogen-bond acceptors (Lipinski definition) is 2. The topological polar surface area (TPSA) is 23.8 Å². The van der Waals surface area contributed by atoms with Crippen LogP contribution in [0.4, 0.5) is 0 Å². The third-order valence-electron chi connectivity index (χ3n) is 3.29. The van der Waals surface area contributed by atoms with Gasteiger partial charge in [-0.2, -0.15) is 5.26 Å². The Kier molecular flexibility index (Phi) is 2.24. The van der Waals surface area contributed by atoms with Gasteiger partial charge in [0.1, 0.15) is 5.41 Å². The van der Waals surface area contributed by atoms with Crippen LogP contribution in [0.5, 0.6) is 0 Å². The van der Waals surface area contributed by atoms with Gasteiger partial charge in [-0.05, 0) is 30.2 Å². The first-order valence-corrected chi connectivity index (χ1v) is 6.35. The molecule has 0 aliphatic carbocycles. The summed E-state index contributed by atoms with van der Waals surface area (Å²) >= 11 is 1.75. The van der Waals surface area contributed by atoms with Crippen molar-refractivity contribution >= 4 is 11.8 Å². The summed E-state index contributed by atoms with van der Waals surface area (Å²) in [6.45, 7) is 2.00. The zero-order chi connectivity index (χ0) is 11.9. The van der Waals surface area contributed by atoms with E-state index in [2.05, 4.69) is 30.3 Å². The normalized spacial score (nSPS) is 15.5. The molecule has 0 amide bonds. The second-order valence-electron chi connectivity index (χ2n) is 4.33. The van der Waals surface area contributed by atoms with Crippen molar-refractivity contribution in [2.24, 2.45) is 0 Å². The van der Waals surface area contributed by atoms with Gasteiger partial charge in [-0.1, -0.05) is 48.2 Å². The largest absolute Gasteiger partial charge is 0.197 e. The van der Waals surface area contributed by atoms with Gasteiger partial charge in [0.2, 0.25) is 0 Å². The van der Waals surface area contributed by atoms with Gasteiger partial charge < -0.3 is 0 Å². The minimum absolute atomic E-state index is 0.529. The van der Waals surface area contributed by atoms with Gasteiger partial charge in [-0.25, -0.2) is 0 Å². The standard InChI is InChI=1S/C15H11NS/c1-15(10-16)11-6-2-4-8-13(11)17-14-9-5-3-7-12(14)15/h2-9H,1H3. The Labute approximate surface area is 105 Å². The Hall–Kier alpha value is -1.72. The van der Waals surface area contributed by atoms with Gasteiger partial charge in [0.05, 0.1) is 6.07 Å². The van der Waals surface area contributed by atoms with Crippen LogP contribution < -0.4 is 0 Å². The van der Waals surface area contributed by atoms with Gasteiger partial charge in [-0.3, -0.25) is 0 Å². The number of fused-ring (bicyclic) bond motifs is 2. The summed E-state index contributed by atoms with van der Waals surface area (Å²) in [6, 6.07) is 18.8. The molecule has 0 radical (unpaired) electrons. The van der Waals surface area contributed by atoms with E-state index < -0.39 is 5.41 Å². The van der Waals surface area contributed by atoms with E-state index in [0.717, 1.165) is 11.1 Å². The Morgan fingerprint density at radius 1 is 0.941 bits per heavy atom. The number of nitrogens with zero attached hydrogens (tertiary/aromatic N) is 1. The molecule has 0 bridgehead atoms. The average molecular weight is 237 g/mol. The summed E-state index contributed by atoms with van der Waals surface area (Å²) in [4.78, 5) is 2.38. The Bertz CT molecular complexity index is 579. The van der Waals surface area contributed by atoms with E-state index >= 15 is 0 Å². The summed E-state index contributed by atoms with van der Waals surface area (Å²) in [7, 11) is 0. The fourth-order valence-corrected chi connectivity index (χ4v) is 3.62. The number of rotatable bonds is 0. The van der Waals surface area contributed by atoms with E-state index in [1.54, 1.807) is 11.8 Å². The quantitative estimate of drug-likeness (QED) is 0.692. The van der Waals surface area contributed by atoms with Crippen LogP contribution >= 0.6 is 11.8 Å². The lowest BCUT2D eigenvalue weighted by molar-refractivity contribution is 0.698. The molecule has 82 valence electrons. The number of benzene rings is 2. The first-order chi connectivity index (χ1) is 8.25. The van der Waals surface area contributed by atoms with Crippen LogP contribution in [-0.2, 0) is 5.41 Å². The van der Waals surface area contributed by atoms with Crippen LogP contribution in [0.2, 0.25) is 0 Å². The molecule has 1 heterocycles. The number of nitriles is 1. The highest BCUT2D eigenvalue weighted by Crippen LogP contribution is 2.48. The molecule has 0 unspecified atom stereocenters. The minimum atomic E-state index is -0.529. The van der Waals surface area contributed by atoms with E-state index in [9.17, 15) is 5.26 Å². The molecule has 1 aliphatic heterocycles. The van der Waals surface area contributed by atoms with Crippen LogP contribution in [-0.4, -0.2) is 0 Å². The molecule has 2 aromatic carbocycles. The number of hydrogen-bond donors (Lipinski definition) is 0. The van der Waals surface area contributed by atoms with E-state index in [1.165, 1.54) is 9.79 Å². The third kappa shape index (κ3) is 1.40. The second-order valence-corrected chi connectivity index (χ2v) is 5.41. The second kappa shape index (κ2) is 3.65. The smallest absolute Gasteiger partial charge is 0.106 e. The first kappa shape index (κ1) is 10.4. The van der Waals surface area contributed by atoms with E-state index in [-0.39, 0.29) is 0 Å². The lowest BCUT2D eigenvalue weighted by Gasteiger charge is -2.31. The monoisotopic (exact) mass is 237 g/mol. The summed E-state index contributed by atoms with van der Waals surface area (Å²) in [5, 5.41) is 9.58. The molecular weight excluding hydrogens is 226 g/mol. The predicted molar refractivity (Wildman–Crippen MR) is 69.1 cm³/mol. The molecule has 2 aromatic rings. The Morgan fingerprint density at radius 3 is 1.88 bits per heavy atom. The van der Waals surface area contributed by atoms with Gasteiger partial charge in [0, 0.05) is 9.79 Å². The van der Waals surface area contributed by atoms with Crippen molar-refractivity contribution in [2.75, 3.05) is 0 Å². The fourth-order valence-electron chi connectivity index (χ4n) is 2.32. The molecule has 2 heteroatoms. The van der Waals surface area contributed by atoms with Crippen LogP contribution in [0, 0.1) is 11.3 Å². The van der Waals surface area contributed by atoms with Crippen molar-refractivity contribution < 1.29 is 0 Å². The van der Waals surface area contributed by atoms with Crippen molar-refractivity contribution in [3.05, 3.63) is 59.7 Å². The van der Waals surface area contributed by atoms with E-state index in [1.807, 2.05) is 31.2 Å². The fraction of sp³-hybridized carbons (Fsp3) is 0.133. The van der Waals surface area contributed by atoms with Crippen LogP contribution in [0.25, 0.3) is 0 Å². The van der Waals surface area contributed by atoms with Crippen molar-refractivity contribution in [3.8, 4) is 6.07 Å². The Balaban J connectivity index is 2.33. The van der Waals surface area contributed by atoms with Crippen molar-refractivity contribution in [2.45, 2.75) is 22.1 Å². The highest BCUT2D eigenvalue weighted by molar-refractivity contribution is 7.99. The van der Waals surface area contributed by atoms with Crippen molar-refractivity contribution in [1.29, 1.82) is 5.26 Å². The zero-order valence-corrected chi connectivity index (χ0v) is 10.3. The third-order valence-corrected chi connectivity index (χ3v) is 4.45. The molecule has 0 saturated carbocycles. The molecule has 1 nitrogen and oxygen atoms in total. The summed E-state index contributed by atoms with van der Waals surface area (Å²) in [5.74, 6) is 0. The predicted octanol–water partition coefficient (Wildman–Crippen LogP) is 3.98. The lowest BCUT2D eigenvalue weighted by atomic mass is 9.77. The maximum atomic E-state index is 9.58. The highest BCUT2D eigenvalue weighted by atomic mass is 32.2. The summed E-state index contributed by atoms with van der Waals surface area (Å²) in [5.41, 5.74) is 1.70. The molecule has 1 aliphatic rings. The first-order valence-electron chi connectivity index (χ1n) is 5.54. The maximum Gasteiger partial charge on any atom is 0.106 e. The summed E-state index contributed by atoms with van der Waals surface area (Å²) < 4.78 is 0. The van der Waals surface area contributed by atoms with Gasteiger partial charge in [0.25, 0.3) is 0 Å². The maximum absolute atomic E-state index is 9.58. The van der Waals surface area contributed by atoms with E-state index in [4.69, 9.17) is 0 Å². The van der Waals surface area contributed by atoms with Gasteiger partial charge >= 0.3 is 0 Å². The van der Waals surface area contributed by atoms with Crippen molar-refractivity contribution in [3.63, 3.8) is 0 Å². The zero-order valence-electron chi connectivity index (χ0n) is 9.47. The summed E-state index contributed by atoms with van der Waals surface area (Å²) in [6.07, 6.45) is 0.